The van der Waals surface area contributed by atoms with E-state index < -0.39 is 0 Å². The fraction of sp³-hybridized carbons (Fsp3) is 0.318. The molecule has 2 heterocycles. The minimum absolute atomic E-state index is 0.107. The van der Waals surface area contributed by atoms with Gasteiger partial charge in [0.1, 0.15) is 5.69 Å². The van der Waals surface area contributed by atoms with E-state index in [0.717, 1.165) is 33.8 Å². The number of benzene rings is 2. The highest BCUT2D eigenvalue weighted by Gasteiger charge is 2.31. The largest absolute Gasteiger partial charge is 0.307 e. The standard InChI is InChI=1S/C22H24N4O/c1-5-19(27)25-14-15-10-6-7-11-16(15)20-21(17-12-8-9-13-18(17)25)26(24-23-20)22(2,3)4/h6-13H,5,14H2,1-4H3. The molecule has 4 rings (SSSR count). The number of hydrogen-bond donors (Lipinski definition) is 0. The van der Waals surface area contributed by atoms with E-state index in [1.807, 2.05) is 46.8 Å². The SMILES string of the molecule is CCC(=O)N1Cc2ccccc2-c2nnn(C(C)(C)C)c2-c2ccccc21. The Morgan fingerprint density at radius 3 is 2.41 bits per heavy atom. The van der Waals surface area contributed by atoms with Crippen LogP contribution in [-0.4, -0.2) is 20.9 Å². The van der Waals surface area contributed by atoms with Gasteiger partial charge in [-0.25, -0.2) is 4.68 Å². The third-order valence-corrected chi connectivity index (χ3v) is 4.96. The van der Waals surface area contributed by atoms with Crippen LogP contribution in [0.25, 0.3) is 22.5 Å². The summed E-state index contributed by atoms with van der Waals surface area (Å²) in [7, 11) is 0. The number of rotatable bonds is 1. The Labute approximate surface area is 159 Å². The summed E-state index contributed by atoms with van der Waals surface area (Å²) in [5.74, 6) is 0.107. The van der Waals surface area contributed by atoms with E-state index in [1.165, 1.54) is 0 Å². The van der Waals surface area contributed by atoms with Crippen molar-refractivity contribution in [2.45, 2.75) is 46.2 Å². The molecular weight excluding hydrogens is 336 g/mol. The van der Waals surface area contributed by atoms with Crippen molar-refractivity contribution in [3.8, 4) is 22.5 Å². The van der Waals surface area contributed by atoms with Crippen LogP contribution in [0.1, 0.15) is 39.7 Å². The van der Waals surface area contributed by atoms with Crippen molar-refractivity contribution < 1.29 is 4.79 Å². The first kappa shape index (κ1) is 17.5. The lowest BCUT2D eigenvalue weighted by atomic mass is 9.94. The average Bonchev–Trinajstić information content (AvgIpc) is 3.09. The first-order valence-electron chi connectivity index (χ1n) is 9.36. The van der Waals surface area contributed by atoms with Crippen LogP contribution in [0.3, 0.4) is 0 Å². The zero-order chi connectivity index (χ0) is 19.2. The lowest BCUT2D eigenvalue weighted by Crippen LogP contribution is -2.31. The molecule has 0 atom stereocenters. The van der Waals surface area contributed by atoms with Gasteiger partial charge in [-0.3, -0.25) is 4.79 Å². The molecule has 0 fully saturated rings. The predicted octanol–water partition coefficient (Wildman–Crippen LogP) is 4.62. The van der Waals surface area contributed by atoms with Gasteiger partial charge in [0.05, 0.1) is 23.5 Å². The van der Waals surface area contributed by atoms with Gasteiger partial charge >= 0.3 is 0 Å². The Morgan fingerprint density at radius 2 is 1.70 bits per heavy atom. The third kappa shape index (κ3) is 2.83. The van der Waals surface area contributed by atoms with Gasteiger partial charge in [0.25, 0.3) is 0 Å². The van der Waals surface area contributed by atoms with E-state index in [1.54, 1.807) is 0 Å². The summed E-state index contributed by atoms with van der Waals surface area (Å²) in [4.78, 5) is 14.7. The molecule has 5 nitrogen and oxygen atoms in total. The molecule has 0 N–H and O–H groups in total. The number of fused-ring (bicyclic) bond motifs is 5. The Bertz CT molecular complexity index is 1010. The van der Waals surface area contributed by atoms with Crippen LogP contribution in [0.15, 0.2) is 48.5 Å². The summed E-state index contributed by atoms with van der Waals surface area (Å²) in [6.07, 6.45) is 0.458. The van der Waals surface area contributed by atoms with Crippen molar-refractivity contribution in [2.75, 3.05) is 4.90 Å². The van der Waals surface area contributed by atoms with Crippen molar-refractivity contribution in [3.05, 3.63) is 54.1 Å². The molecule has 2 aromatic carbocycles. The van der Waals surface area contributed by atoms with Crippen LogP contribution < -0.4 is 4.90 Å². The van der Waals surface area contributed by atoms with Gasteiger partial charge in [-0.05, 0) is 32.4 Å². The Kier molecular flexibility index (Phi) is 4.10. The Hall–Kier alpha value is -2.95. The van der Waals surface area contributed by atoms with E-state index in [4.69, 9.17) is 0 Å². The zero-order valence-electron chi connectivity index (χ0n) is 16.2. The summed E-state index contributed by atoms with van der Waals surface area (Å²) in [6.45, 7) is 8.78. The minimum Gasteiger partial charge on any atom is -0.307 e. The molecule has 1 aliphatic heterocycles. The maximum atomic E-state index is 12.8. The Morgan fingerprint density at radius 1 is 1.04 bits per heavy atom. The summed E-state index contributed by atoms with van der Waals surface area (Å²) in [5.41, 5.74) is 5.61. The van der Waals surface area contributed by atoms with Gasteiger partial charge in [-0.2, -0.15) is 0 Å². The second kappa shape index (κ2) is 6.34. The molecule has 0 spiro atoms. The molecule has 0 saturated carbocycles. The normalized spacial score (nSPS) is 13.3. The van der Waals surface area contributed by atoms with E-state index in [2.05, 4.69) is 49.3 Å². The van der Waals surface area contributed by atoms with Crippen LogP contribution in [0, 0.1) is 0 Å². The molecule has 0 aliphatic carbocycles. The number of aromatic nitrogens is 3. The molecule has 0 bridgehead atoms. The van der Waals surface area contributed by atoms with Gasteiger partial charge in [-0.15, -0.1) is 5.10 Å². The maximum absolute atomic E-state index is 12.8. The molecule has 5 heteroatoms. The van der Waals surface area contributed by atoms with Crippen molar-refractivity contribution in [1.82, 2.24) is 15.0 Å². The van der Waals surface area contributed by atoms with E-state index in [0.29, 0.717) is 13.0 Å². The lowest BCUT2D eigenvalue weighted by molar-refractivity contribution is -0.118. The van der Waals surface area contributed by atoms with Crippen molar-refractivity contribution >= 4 is 11.6 Å². The molecule has 27 heavy (non-hydrogen) atoms. The maximum Gasteiger partial charge on any atom is 0.227 e. The second-order valence-electron chi connectivity index (χ2n) is 7.88. The quantitative estimate of drug-likeness (QED) is 0.636. The summed E-state index contributed by atoms with van der Waals surface area (Å²) >= 11 is 0. The van der Waals surface area contributed by atoms with Gasteiger partial charge < -0.3 is 4.90 Å². The number of carbonyl (C=O) groups excluding carboxylic acids is 1. The monoisotopic (exact) mass is 360 g/mol. The third-order valence-electron chi connectivity index (χ3n) is 4.96. The van der Waals surface area contributed by atoms with Crippen LogP contribution in [-0.2, 0) is 16.9 Å². The minimum atomic E-state index is -0.235. The van der Waals surface area contributed by atoms with Gasteiger partial charge in [0.15, 0.2) is 0 Å². The average molecular weight is 360 g/mol. The first-order valence-corrected chi connectivity index (χ1v) is 9.36. The van der Waals surface area contributed by atoms with E-state index in [9.17, 15) is 4.79 Å². The molecule has 1 aliphatic rings. The van der Waals surface area contributed by atoms with E-state index in [-0.39, 0.29) is 11.4 Å². The van der Waals surface area contributed by atoms with Crippen LogP contribution in [0.5, 0.6) is 0 Å². The highest BCUT2D eigenvalue weighted by molar-refractivity contribution is 6.00. The highest BCUT2D eigenvalue weighted by Crippen LogP contribution is 2.42. The predicted molar refractivity (Wildman–Crippen MR) is 107 cm³/mol. The number of amides is 1. The number of anilines is 1. The van der Waals surface area contributed by atoms with Crippen LogP contribution in [0.4, 0.5) is 5.69 Å². The molecule has 3 aromatic rings. The van der Waals surface area contributed by atoms with Crippen molar-refractivity contribution in [3.63, 3.8) is 0 Å². The van der Waals surface area contributed by atoms with Gasteiger partial charge in [-0.1, -0.05) is 54.6 Å². The molecular formula is C22H24N4O. The van der Waals surface area contributed by atoms with Crippen LogP contribution >= 0.6 is 0 Å². The fourth-order valence-corrected chi connectivity index (χ4v) is 3.64. The van der Waals surface area contributed by atoms with Crippen molar-refractivity contribution in [2.24, 2.45) is 0 Å². The molecule has 1 aromatic heterocycles. The fourth-order valence-electron chi connectivity index (χ4n) is 3.64. The van der Waals surface area contributed by atoms with Crippen LogP contribution in [0.2, 0.25) is 0 Å². The zero-order valence-corrected chi connectivity index (χ0v) is 16.2. The molecule has 1 amide bonds. The number of nitrogens with zero attached hydrogens (tertiary/aromatic N) is 4. The van der Waals surface area contributed by atoms with Gasteiger partial charge in [0.2, 0.25) is 5.91 Å². The first-order chi connectivity index (χ1) is 12.9. The summed E-state index contributed by atoms with van der Waals surface area (Å²) in [6, 6.07) is 16.2. The summed E-state index contributed by atoms with van der Waals surface area (Å²) < 4.78 is 1.97. The highest BCUT2D eigenvalue weighted by atomic mass is 16.2. The lowest BCUT2D eigenvalue weighted by Gasteiger charge is -2.30. The number of para-hydroxylation sites is 1. The second-order valence-corrected chi connectivity index (χ2v) is 7.88. The smallest absolute Gasteiger partial charge is 0.227 e. The number of hydrogen-bond acceptors (Lipinski definition) is 3. The molecule has 0 radical (unpaired) electrons. The topological polar surface area (TPSA) is 51.0 Å². The van der Waals surface area contributed by atoms with Gasteiger partial charge in [0, 0.05) is 17.5 Å². The molecule has 0 unspecified atom stereocenters. The molecule has 0 saturated heterocycles. The van der Waals surface area contributed by atoms with Crippen molar-refractivity contribution in [1.29, 1.82) is 0 Å². The Balaban J connectivity index is 2.10. The number of carbonyl (C=O) groups is 1. The summed E-state index contributed by atoms with van der Waals surface area (Å²) in [5, 5.41) is 9.07. The molecule has 138 valence electrons. The van der Waals surface area contributed by atoms with E-state index >= 15 is 0 Å².